The Balaban J connectivity index is 4.29. The topological polar surface area (TPSA) is 63.6 Å². The largest absolute Gasteiger partial charge is 0.481 e. The van der Waals surface area contributed by atoms with Crippen LogP contribution in [-0.4, -0.2) is 23.1 Å². The third-order valence-electron chi connectivity index (χ3n) is 6.99. The van der Waals surface area contributed by atoms with Crippen molar-refractivity contribution in [1.29, 1.82) is 0 Å². The van der Waals surface area contributed by atoms with Crippen LogP contribution in [0.5, 0.6) is 0 Å². The lowest BCUT2D eigenvalue weighted by atomic mass is 10.1. The molecular weight excluding hydrogens is 568 g/mol. The van der Waals surface area contributed by atoms with Crippen molar-refractivity contribution in [3.8, 4) is 0 Å². The molecule has 0 saturated carbocycles. The van der Waals surface area contributed by atoms with Gasteiger partial charge in [-0.2, -0.15) is 0 Å². The van der Waals surface area contributed by atoms with Gasteiger partial charge >= 0.3 is 11.9 Å². The van der Waals surface area contributed by atoms with E-state index in [0.29, 0.717) is 12.8 Å². The second kappa shape index (κ2) is 36.1. The molecule has 0 fully saturated rings. The van der Waals surface area contributed by atoms with Crippen LogP contribution in [0.2, 0.25) is 0 Å². The Morgan fingerprint density at radius 2 is 0.891 bits per heavy atom. The maximum Gasteiger partial charge on any atom is 0.306 e. The summed E-state index contributed by atoms with van der Waals surface area (Å²) in [6, 6.07) is 0. The molecule has 0 radical (unpaired) electrons. The number of rotatable bonds is 30. The van der Waals surface area contributed by atoms with Gasteiger partial charge in [-0.25, -0.2) is 0 Å². The molecule has 0 amide bonds. The average molecular weight is 633 g/mol. The molecule has 1 unspecified atom stereocenters. The lowest BCUT2D eigenvalue weighted by Crippen LogP contribution is -2.16. The highest BCUT2D eigenvalue weighted by Gasteiger charge is 2.11. The van der Waals surface area contributed by atoms with Crippen LogP contribution < -0.4 is 0 Å². The van der Waals surface area contributed by atoms with Gasteiger partial charge in [0.05, 0.1) is 0 Å². The normalized spacial score (nSPS) is 13.6. The van der Waals surface area contributed by atoms with Gasteiger partial charge in [0.15, 0.2) is 0 Å². The average Bonchev–Trinajstić information content (AvgIpc) is 3.04. The predicted molar refractivity (Wildman–Crippen MR) is 199 cm³/mol. The molecule has 4 heteroatoms. The first kappa shape index (κ1) is 42.6. The molecule has 1 atom stereocenters. The quantitative estimate of drug-likeness (QED) is 0.0486. The number of carboxylic acid groups (broad SMARTS) is 1. The summed E-state index contributed by atoms with van der Waals surface area (Å²) in [5.74, 6) is -0.868. The fraction of sp³-hybridized carbons (Fsp3) is 0.524. The second-order valence-electron chi connectivity index (χ2n) is 11.3. The Kier molecular flexibility index (Phi) is 33.4. The summed E-state index contributed by atoms with van der Waals surface area (Å²) < 4.78 is 5.83. The highest BCUT2D eigenvalue weighted by Crippen LogP contribution is 2.14. The molecule has 0 aromatic carbocycles. The summed E-state index contributed by atoms with van der Waals surface area (Å²) in [5.41, 5.74) is 0. The molecule has 0 spiro atoms. The molecule has 0 aliphatic carbocycles. The van der Waals surface area contributed by atoms with Gasteiger partial charge in [-0.05, 0) is 89.5 Å². The Morgan fingerprint density at radius 1 is 0.500 bits per heavy atom. The molecule has 0 aliphatic rings. The van der Waals surface area contributed by atoms with Gasteiger partial charge in [-0.15, -0.1) is 0 Å². The van der Waals surface area contributed by atoms with Crippen LogP contribution in [0.1, 0.15) is 136 Å². The molecule has 0 heterocycles. The first-order valence-corrected chi connectivity index (χ1v) is 17.9. The van der Waals surface area contributed by atoms with Gasteiger partial charge in [0, 0.05) is 12.8 Å². The summed E-state index contributed by atoms with van der Waals surface area (Å²) in [4.78, 5) is 23.2. The van der Waals surface area contributed by atoms with E-state index in [1.807, 2.05) is 6.08 Å². The first-order valence-electron chi connectivity index (χ1n) is 17.9. The Labute approximate surface area is 282 Å². The van der Waals surface area contributed by atoms with Crippen molar-refractivity contribution in [2.75, 3.05) is 0 Å². The fourth-order valence-electron chi connectivity index (χ4n) is 4.43. The number of aliphatic carboxylic acids is 1. The van der Waals surface area contributed by atoms with Gasteiger partial charge in [0.1, 0.15) is 6.10 Å². The van der Waals surface area contributed by atoms with E-state index >= 15 is 0 Å². The van der Waals surface area contributed by atoms with Crippen LogP contribution in [0, 0.1) is 0 Å². The SMILES string of the molecule is CC/C=C\C/C=C\C/C=C\C/C=C\C/C=C\C/C=C\CCC(=O)OC(/C=C\C/C=C\C/C=C\CC)CCCCCCCCC(=O)O. The Hall–Kier alpha value is -3.40. The van der Waals surface area contributed by atoms with Crippen LogP contribution in [0.15, 0.2) is 109 Å². The first-order chi connectivity index (χ1) is 22.6. The lowest BCUT2D eigenvalue weighted by Gasteiger charge is -2.14. The molecule has 0 saturated heterocycles. The monoisotopic (exact) mass is 632 g/mol. The smallest absolute Gasteiger partial charge is 0.306 e. The number of carbonyl (C=O) groups excluding carboxylic acids is 1. The molecule has 1 N–H and O–H groups in total. The zero-order valence-electron chi connectivity index (χ0n) is 29.1. The summed E-state index contributed by atoms with van der Waals surface area (Å²) >= 11 is 0. The van der Waals surface area contributed by atoms with Crippen molar-refractivity contribution in [2.24, 2.45) is 0 Å². The highest BCUT2D eigenvalue weighted by atomic mass is 16.5. The van der Waals surface area contributed by atoms with E-state index in [4.69, 9.17) is 9.84 Å². The number of carbonyl (C=O) groups is 2. The minimum atomic E-state index is -0.718. The van der Waals surface area contributed by atoms with E-state index in [1.54, 1.807) is 0 Å². The van der Waals surface area contributed by atoms with Crippen molar-refractivity contribution in [3.63, 3.8) is 0 Å². The van der Waals surface area contributed by atoms with Crippen molar-refractivity contribution in [1.82, 2.24) is 0 Å². The van der Waals surface area contributed by atoms with Crippen LogP contribution in [0.4, 0.5) is 0 Å². The number of hydrogen-bond acceptors (Lipinski definition) is 3. The van der Waals surface area contributed by atoms with E-state index in [2.05, 4.69) is 117 Å². The van der Waals surface area contributed by atoms with Crippen LogP contribution in [0.3, 0.4) is 0 Å². The van der Waals surface area contributed by atoms with E-state index in [1.165, 1.54) is 0 Å². The summed E-state index contributed by atoms with van der Waals surface area (Å²) in [6.07, 6.45) is 55.5. The lowest BCUT2D eigenvalue weighted by molar-refractivity contribution is -0.147. The summed E-state index contributed by atoms with van der Waals surface area (Å²) in [6.45, 7) is 4.29. The van der Waals surface area contributed by atoms with Crippen molar-refractivity contribution in [2.45, 2.75) is 142 Å². The number of esters is 1. The third-order valence-corrected chi connectivity index (χ3v) is 6.99. The van der Waals surface area contributed by atoms with Crippen LogP contribution in [-0.2, 0) is 14.3 Å². The molecule has 0 rings (SSSR count). The van der Waals surface area contributed by atoms with Gasteiger partial charge in [0.25, 0.3) is 0 Å². The highest BCUT2D eigenvalue weighted by molar-refractivity contribution is 5.69. The second-order valence-corrected chi connectivity index (χ2v) is 11.3. The number of unbranched alkanes of at least 4 members (excludes halogenated alkanes) is 5. The minimum absolute atomic E-state index is 0.150. The molecule has 256 valence electrons. The molecule has 0 bridgehead atoms. The van der Waals surface area contributed by atoms with Crippen molar-refractivity contribution < 1.29 is 19.4 Å². The van der Waals surface area contributed by atoms with Gasteiger partial charge in [-0.1, -0.05) is 143 Å². The van der Waals surface area contributed by atoms with Crippen molar-refractivity contribution >= 4 is 11.9 Å². The molecule has 0 aromatic rings. The zero-order valence-corrected chi connectivity index (χ0v) is 29.1. The maximum atomic E-state index is 12.5. The van der Waals surface area contributed by atoms with Gasteiger partial charge < -0.3 is 9.84 Å². The molecule has 0 aliphatic heterocycles. The maximum absolute atomic E-state index is 12.5. The molecular formula is C42H64O4. The Bertz CT molecular complexity index is 987. The van der Waals surface area contributed by atoms with E-state index in [9.17, 15) is 9.59 Å². The molecule has 4 nitrogen and oxygen atoms in total. The number of carboxylic acids is 1. The number of ether oxygens (including phenoxy) is 1. The standard InChI is InChI=1S/C42H64O4/c1-3-5-7-9-11-13-14-15-16-17-18-19-20-21-22-23-25-31-35-39-42(45)46-40(36-32-28-24-12-10-8-6-4-2)37-33-29-26-27-30-34-38-41(43)44/h5-8,11-13,15-16,18-19,21-22,24-25,31-32,36,40H,3-4,9-10,14,17,20,23,26-30,33-35,37-39H2,1-2H3,(H,43,44)/b7-5-,8-6-,13-11-,16-15-,19-18-,22-21-,24-12-,31-25-,36-32-. The van der Waals surface area contributed by atoms with E-state index < -0.39 is 5.97 Å². The van der Waals surface area contributed by atoms with Gasteiger partial charge in [-0.3, -0.25) is 9.59 Å². The number of hydrogen-bond donors (Lipinski definition) is 1. The van der Waals surface area contributed by atoms with Crippen LogP contribution >= 0.6 is 0 Å². The zero-order chi connectivity index (χ0) is 33.6. The van der Waals surface area contributed by atoms with Crippen molar-refractivity contribution in [3.05, 3.63) is 109 Å². The van der Waals surface area contributed by atoms with Crippen LogP contribution in [0.25, 0.3) is 0 Å². The Morgan fingerprint density at radius 3 is 1.35 bits per heavy atom. The molecule has 46 heavy (non-hydrogen) atoms. The third kappa shape index (κ3) is 35.1. The fourth-order valence-corrected chi connectivity index (χ4v) is 4.43. The summed E-state index contributed by atoms with van der Waals surface area (Å²) in [7, 11) is 0. The molecule has 0 aromatic heterocycles. The van der Waals surface area contributed by atoms with Gasteiger partial charge in [0.2, 0.25) is 0 Å². The minimum Gasteiger partial charge on any atom is -0.481 e. The van der Waals surface area contributed by atoms with E-state index in [0.717, 1.165) is 103 Å². The number of allylic oxidation sites excluding steroid dienone is 17. The van der Waals surface area contributed by atoms with E-state index in [-0.39, 0.29) is 18.5 Å². The predicted octanol–water partition coefficient (Wildman–Crippen LogP) is 12.4. The summed E-state index contributed by atoms with van der Waals surface area (Å²) in [5, 5.41) is 8.76.